The minimum atomic E-state index is -0.418. The molecule has 2 fully saturated rings. The lowest BCUT2D eigenvalue weighted by molar-refractivity contribution is -0.152. The molecule has 392 valence electrons. The van der Waals surface area contributed by atoms with Gasteiger partial charge in [-0.25, -0.2) is 0 Å². The zero-order valence-corrected chi connectivity index (χ0v) is 44.3. The van der Waals surface area contributed by atoms with Gasteiger partial charge >= 0.3 is 23.9 Å². The highest BCUT2D eigenvalue weighted by Gasteiger charge is 2.39. The molecular weight excluding hydrogens is 843 g/mol. The topological polar surface area (TPSA) is 115 Å². The van der Waals surface area contributed by atoms with Crippen molar-refractivity contribution in [2.45, 2.75) is 252 Å². The average Bonchev–Trinajstić information content (AvgIpc) is 3.72. The van der Waals surface area contributed by atoms with Crippen molar-refractivity contribution in [2.75, 3.05) is 72.7 Å². The van der Waals surface area contributed by atoms with Crippen molar-refractivity contribution in [3.8, 4) is 0 Å². The summed E-state index contributed by atoms with van der Waals surface area (Å²) in [5.74, 6) is 0.934. The normalized spacial score (nSPS) is 17.1. The van der Waals surface area contributed by atoms with Gasteiger partial charge in [0.15, 0.2) is 0 Å². The van der Waals surface area contributed by atoms with E-state index in [0.29, 0.717) is 45.6 Å². The van der Waals surface area contributed by atoms with E-state index >= 15 is 0 Å². The van der Waals surface area contributed by atoms with Crippen LogP contribution in [0.4, 0.5) is 0 Å². The fourth-order valence-electron chi connectivity index (χ4n) is 9.99. The number of carbonyl (C=O) groups is 4. The van der Waals surface area contributed by atoms with Gasteiger partial charge in [-0.3, -0.25) is 29.0 Å². The van der Waals surface area contributed by atoms with Gasteiger partial charge in [0.05, 0.1) is 26.4 Å². The van der Waals surface area contributed by atoms with Crippen LogP contribution in [0.5, 0.6) is 0 Å². The summed E-state index contributed by atoms with van der Waals surface area (Å²) >= 11 is 0. The van der Waals surface area contributed by atoms with Gasteiger partial charge in [0.2, 0.25) is 0 Å². The van der Waals surface area contributed by atoms with Crippen LogP contribution in [0.25, 0.3) is 0 Å². The lowest BCUT2D eigenvalue weighted by Gasteiger charge is -2.31. The van der Waals surface area contributed by atoms with Crippen molar-refractivity contribution in [1.82, 2.24) is 14.7 Å². The predicted molar refractivity (Wildman–Crippen MR) is 274 cm³/mol. The fourth-order valence-corrected chi connectivity index (χ4v) is 9.99. The first-order valence-electron chi connectivity index (χ1n) is 28.5. The maximum atomic E-state index is 13.5. The van der Waals surface area contributed by atoms with Gasteiger partial charge in [-0.05, 0) is 76.8 Å². The second-order valence-corrected chi connectivity index (χ2v) is 20.6. The summed E-state index contributed by atoms with van der Waals surface area (Å²) in [7, 11) is 2.10. The zero-order valence-electron chi connectivity index (χ0n) is 44.3. The Bertz CT molecular complexity index is 1210. The van der Waals surface area contributed by atoms with E-state index in [1.54, 1.807) is 0 Å². The lowest BCUT2D eigenvalue weighted by Crippen LogP contribution is -2.46. The van der Waals surface area contributed by atoms with E-state index in [9.17, 15) is 19.2 Å². The number of likely N-dealkylation sites (tertiary alicyclic amines) is 1. The highest BCUT2D eigenvalue weighted by atomic mass is 16.6. The number of likely N-dealkylation sites (N-methyl/N-ethyl adjacent to an activating group) is 1. The predicted octanol–water partition coefficient (Wildman–Crippen LogP) is 12.6. The molecule has 2 atom stereocenters. The summed E-state index contributed by atoms with van der Waals surface area (Å²) in [6, 6.07) is -0.418. The number of hydrogen-bond acceptors (Lipinski definition) is 11. The van der Waals surface area contributed by atoms with E-state index in [4.69, 9.17) is 18.9 Å². The zero-order chi connectivity index (χ0) is 48.6. The second kappa shape index (κ2) is 41.5. The molecule has 2 heterocycles. The molecule has 0 spiro atoms. The van der Waals surface area contributed by atoms with E-state index in [1.807, 2.05) is 0 Å². The molecule has 11 heteroatoms. The summed E-state index contributed by atoms with van der Waals surface area (Å²) in [5.41, 5.74) is 0. The first-order chi connectivity index (χ1) is 32.7. The molecule has 0 aliphatic carbocycles. The number of ether oxygens (including phenoxy) is 4. The number of esters is 4. The standard InChI is InChI=1S/C56H105N3O8/c1-6-10-20-30-49(31-21-11-7-2)34-28-44-64-53(60)36-24-16-14-18-26-38-59-47-51(67-55(62)48-58-41-39-57(5)40-42-58)46-52(59)56(63)66-43-27-19-15-17-25-37-54(61)65-45-29-35-50(32-22-12-8-3)33-23-13-9-4/h49-52H,6-48H2,1-5H3/t51-,52-/m0/s1. The Labute approximate surface area is 411 Å². The van der Waals surface area contributed by atoms with E-state index in [-0.39, 0.29) is 36.5 Å². The summed E-state index contributed by atoms with van der Waals surface area (Å²) in [6.45, 7) is 15.6. The fraction of sp³-hybridized carbons (Fsp3) is 0.929. The van der Waals surface area contributed by atoms with Crippen LogP contribution in [0.2, 0.25) is 0 Å². The average molecular weight is 948 g/mol. The first kappa shape index (κ1) is 60.9. The van der Waals surface area contributed by atoms with Crippen LogP contribution >= 0.6 is 0 Å². The van der Waals surface area contributed by atoms with Crippen LogP contribution in [0.3, 0.4) is 0 Å². The molecule has 0 aromatic carbocycles. The molecule has 0 amide bonds. The molecule has 2 saturated heterocycles. The molecule has 0 N–H and O–H groups in total. The van der Waals surface area contributed by atoms with E-state index in [2.05, 4.69) is 49.4 Å². The molecule has 2 rings (SSSR count). The van der Waals surface area contributed by atoms with Crippen LogP contribution in [-0.2, 0) is 38.1 Å². The molecule has 0 unspecified atom stereocenters. The largest absolute Gasteiger partial charge is 0.466 e. The van der Waals surface area contributed by atoms with Crippen molar-refractivity contribution in [2.24, 2.45) is 11.8 Å². The minimum Gasteiger partial charge on any atom is -0.466 e. The summed E-state index contributed by atoms with van der Waals surface area (Å²) in [5, 5.41) is 0. The molecule has 0 saturated carbocycles. The van der Waals surface area contributed by atoms with Crippen LogP contribution in [0.1, 0.15) is 240 Å². The van der Waals surface area contributed by atoms with Gasteiger partial charge in [-0.2, -0.15) is 0 Å². The van der Waals surface area contributed by atoms with Crippen molar-refractivity contribution < 1.29 is 38.1 Å². The van der Waals surface area contributed by atoms with Crippen molar-refractivity contribution >= 4 is 23.9 Å². The van der Waals surface area contributed by atoms with Gasteiger partial charge in [-0.15, -0.1) is 0 Å². The Morgan fingerprint density at radius 2 is 0.910 bits per heavy atom. The van der Waals surface area contributed by atoms with E-state index < -0.39 is 6.04 Å². The highest BCUT2D eigenvalue weighted by Crippen LogP contribution is 2.26. The van der Waals surface area contributed by atoms with Gasteiger partial charge in [-0.1, -0.05) is 169 Å². The van der Waals surface area contributed by atoms with E-state index in [0.717, 1.165) is 134 Å². The monoisotopic (exact) mass is 948 g/mol. The number of unbranched alkanes of at least 4 members (excludes halogenated alkanes) is 16. The smallest absolute Gasteiger partial charge is 0.323 e. The maximum absolute atomic E-state index is 13.5. The molecule has 11 nitrogen and oxygen atoms in total. The van der Waals surface area contributed by atoms with Crippen LogP contribution in [0, 0.1) is 11.8 Å². The molecule has 67 heavy (non-hydrogen) atoms. The summed E-state index contributed by atoms with van der Waals surface area (Å²) in [4.78, 5) is 57.8. The minimum absolute atomic E-state index is 0.0721. The van der Waals surface area contributed by atoms with Crippen molar-refractivity contribution in [3.63, 3.8) is 0 Å². The number of carbonyl (C=O) groups excluding carboxylic acids is 4. The number of rotatable bonds is 44. The Morgan fingerprint density at radius 1 is 0.478 bits per heavy atom. The number of hydrogen-bond donors (Lipinski definition) is 0. The number of nitrogens with zero attached hydrogens (tertiary/aromatic N) is 3. The van der Waals surface area contributed by atoms with Gasteiger partial charge in [0, 0.05) is 52.0 Å². The third kappa shape index (κ3) is 32.3. The molecular formula is C56H105N3O8. The first-order valence-corrected chi connectivity index (χ1v) is 28.5. The third-order valence-electron chi connectivity index (χ3n) is 14.4. The van der Waals surface area contributed by atoms with E-state index in [1.165, 1.54) is 103 Å². The highest BCUT2D eigenvalue weighted by molar-refractivity contribution is 5.77. The SMILES string of the molecule is CCCCCC(CCCCC)CCCOC(=O)CCCCCCCOC(=O)[C@@H]1C[C@H](OC(=O)CN2CCN(C)CC2)CN1CCCCCCCC(=O)OCCCC(CCCCC)CCCCC. The lowest BCUT2D eigenvalue weighted by atomic mass is 9.91. The quantitative estimate of drug-likeness (QED) is 0.0330. The molecule has 0 radical (unpaired) electrons. The third-order valence-corrected chi connectivity index (χ3v) is 14.4. The Kier molecular flexibility index (Phi) is 37.7. The van der Waals surface area contributed by atoms with Gasteiger partial charge in [0.25, 0.3) is 0 Å². The van der Waals surface area contributed by atoms with Gasteiger partial charge < -0.3 is 23.8 Å². The molecule has 0 bridgehead atoms. The Hall–Kier alpha value is -2.24. The molecule has 0 aromatic heterocycles. The molecule has 2 aliphatic heterocycles. The maximum Gasteiger partial charge on any atom is 0.323 e. The molecule has 0 aromatic rings. The van der Waals surface area contributed by atoms with Crippen LogP contribution < -0.4 is 0 Å². The van der Waals surface area contributed by atoms with Crippen molar-refractivity contribution in [3.05, 3.63) is 0 Å². The summed E-state index contributed by atoms with van der Waals surface area (Å²) < 4.78 is 23.0. The van der Waals surface area contributed by atoms with Gasteiger partial charge in [0.1, 0.15) is 12.1 Å². The Balaban J connectivity index is 1.66. The second-order valence-electron chi connectivity index (χ2n) is 20.6. The van der Waals surface area contributed by atoms with Crippen molar-refractivity contribution in [1.29, 1.82) is 0 Å². The van der Waals surface area contributed by atoms with Crippen LogP contribution in [0.15, 0.2) is 0 Å². The Morgan fingerprint density at radius 3 is 1.40 bits per heavy atom. The van der Waals surface area contributed by atoms with Crippen LogP contribution in [-0.4, -0.2) is 123 Å². The number of piperazine rings is 1. The summed E-state index contributed by atoms with van der Waals surface area (Å²) in [6.07, 6.45) is 35.4. The molecule has 2 aliphatic rings.